The Balaban J connectivity index is 1.97. The van der Waals surface area contributed by atoms with Crippen LogP contribution in [0, 0.1) is 0 Å². The Labute approximate surface area is 127 Å². The van der Waals surface area contributed by atoms with E-state index in [1.54, 1.807) is 7.11 Å². The van der Waals surface area contributed by atoms with Crippen LogP contribution in [0.1, 0.15) is 37.7 Å². The van der Waals surface area contributed by atoms with Gasteiger partial charge in [0, 0.05) is 13.6 Å². The molecule has 5 nitrogen and oxygen atoms in total. The van der Waals surface area contributed by atoms with Gasteiger partial charge in [-0.15, -0.1) is 0 Å². The minimum Gasteiger partial charge on any atom is -0.497 e. The predicted molar refractivity (Wildman–Crippen MR) is 86.1 cm³/mol. The molecule has 2 rings (SSSR count). The second-order valence-electron chi connectivity index (χ2n) is 5.59. The second kappa shape index (κ2) is 7.88. The number of nitrogens with two attached hydrogens (primary N) is 1. The molecule has 1 aliphatic rings. The second-order valence-corrected chi connectivity index (χ2v) is 5.59. The van der Waals surface area contributed by atoms with E-state index in [9.17, 15) is 0 Å². The number of benzene rings is 1. The van der Waals surface area contributed by atoms with Crippen molar-refractivity contribution in [2.24, 2.45) is 10.8 Å². The van der Waals surface area contributed by atoms with Crippen LogP contribution in [0.3, 0.4) is 0 Å². The lowest BCUT2D eigenvalue weighted by Gasteiger charge is -2.24. The number of methoxy groups -OCH3 is 1. The first kappa shape index (κ1) is 15.6. The lowest BCUT2D eigenvalue weighted by molar-refractivity contribution is 0.413. The van der Waals surface area contributed by atoms with Crippen molar-refractivity contribution in [3.63, 3.8) is 0 Å². The summed E-state index contributed by atoms with van der Waals surface area (Å²) >= 11 is 0. The van der Waals surface area contributed by atoms with Crippen LogP contribution in [-0.2, 0) is 6.54 Å². The zero-order valence-electron chi connectivity index (χ0n) is 13.0. The summed E-state index contributed by atoms with van der Waals surface area (Å²) in [6.07, 6.45) is 6.21. The number of hydrogen-bond donors (Lipinski definition) is 2. The smallest absolute Gasteiger partial charge is 0.208 e. The summed E-state index contributed by atoms with van der Waals surface area (Å²) in [5.41, 5.74) is 3.94. The monoisotopic (exact) mass is 290 g/mol. The summed E-state index contributed by atoms with van der Waals surface area (Å²) < 4.78 is 5.17. The van der Waals surface area contributed by atoms with Crippen LogP contribution in [0.15, 0.2) is 29.3 Å². The maximum Gasteiger partial charge on any atom is 0.208 e. The molecule has 0 heterocycles. The number of hydrazine groups is 1. The maximum atomic E-state index is 5.65. The van der Waals surface area contributed by atoms with E-state index in [2.05, 4.69) is 22.5 Å². The Hall–Kier alpha value is -1.75. The van der Waals surface area contributed by atoms with Gasteiger partial charge in [0.2, 0.25) is 5.96 Å². The molecule has 0 aromatic heterocycles. The summed E-state index contributed by atoms with van der Waals surface area (Å²) in [6, 6.07) is 8.46. The highest BCUT2D eigenvalue weighted by Gasteiger charge is 2.14. The number of ether oxygens (including phenoxy) is 1. The molecular weight excluding hydrogens is 264 g/mol. The SMILES string of the molecule is COc1ccc(CN(C)C(=NC2CCCCC2)NN)cc1. The standard InChI is InChI=1S/C16H26N4O/c1-20(12-13-8-10-15(21-2)11-9-13)16(19-17)18-14-6-4-3-5-7-14/h8-11,14H,3-7,12,17H2,1-2H3,(H,18,19). The van der Waals surface area contributed by atoms with Gasteiger partial charge in [0.15, 0.2) is 0 Å². The maximum absolute atomic E-state index is 5.65. The number of aliphatic imine (C=N–C) groups is 1. The molecule has 0 unspecified atom stereocenters. The predicted octanol–water partition coefficient (Wildman–Crippen LogP) is 2.28. The van der Waals surface area contributed by atoms with E-state index in [0.29, 0.717) is 6.04 Å². The van der Waals surface area contributed by atoms with Gasteiger partial charge in [-0.1, -0.05) is 31.4 Å². The Kier molecular flexibility index (Phi) is 5.87. The highest BCUT2D eigenvalue weighted by Crippen LogP contribution is 2.20. The van der Waals surface area contributed by atoms with Crippen LogP contribution in [0.4, 0.5) is 0 Å². The van der Waals surface area contributed by atoms with E-state index >= 15 is 0 Å². The molecule has 1 aromatic carbocycles. The summed E-state index contributed by atoms with van der Waals surface area (Å²) in [4.78, 5) is 6.82. The molecule has 1 saturated carbocycles. The van der Waals surface area contributed by atoms with Gasteiger partial charge in [-0.2, -0.15) is 0 Å². The summed E-state index contributed by atoms with van der Waals surface area (Å²) in [5, 5.41) is 0. The Morgan fingerprint density at radius 3 is 2.52 bits per heavy atom. The van der Waals surface area contributed by atoms with Crippen molar-refractivity contribution in [1.29, 1.82) is 0 Å². The number of nitrogens with one attached hydrogen (secondary N) is 1. The first-order chi connectivity index (χ1) is 10.2. The molecular formula is C16H26N4O. The van der Waals surface area contributed by atoms with Crippen LogP contribution < -0.4 is 16.0 Å². The Bertz CT molecular complexity index is 452. The fraction of sp³-hybridized carbons (Fsp3) is 0.562. The van der Waals surface area contributed by atoms with E-state index in [0.717, 1.165) is 18.3 Å². The van der Waals surface area contributed by atoms with E-state index < -0.39 is 0 Å². The number of hydrogen-bond acceptors (Lipinski definition) is 3. The van der Waals surface area contributed by atoms with E-state index in [4.69, 9.17) is 15.6 Å². The fourth-order valence-electron chi connectivity index (χ4n) is 2.71. The van der Waals surface area contributed by atoms with E-state index in [1.807, 2.05) is 19.2 Å². The van der Waals surface area contributed by atoms with Gasteiger partial charge in [-0.05, 0) is 30.5 Å². The van der Waals surface area contributed by atoms with Crippen molar-refractivity contribution < 1.29 is 4.74 Å². The largest absolute Gasteiger partial charge is 0.497 e. The van der Waals surface area contributed by atoms with Gasteiger partial charge < -0.3 is 9.64 Å². The molecule has 0 aliphatic heterocycles. The third kappa shape index (κ3) is 4.63. The lowest BCUT2D eigenvalue weighted by atomic mass is 9.96. The third-order valence-corrected chi connectivity index (χ3v) is 3.95. The third-order valence-electron chi connectivity index (χ3n) is 3.95. The fourth-order valence-corrected chi connectivity index (χ4v) is 2.71. The molecule has 0 bridgehead atoms. The van der Waals surface area contributed by atoms with Crippen molar-refractivity contribution in [3.05, 3.63) is 29.8 Å². The van der Waals surface area contributed by atoms with Crippen LogP contribution >= 0.6 is 0 Å². The van der Waals surface area contributed by atoms with Gasteiger partial charge in [0.1, 0.15) is 5.75 Å². The van der Waals surface area contributed by atoms with Crippen molar-refractivity contribution >= 4 is 5.96 Å². The van der Waals surface area contributed by atoms with E-state index in [-0.39, 0.29) is 0 Å². The van der Waals surface area contributed by atoms with Gasteiger partial charge >= 0.3 is 0 Å². The van der Waals surface area contributed by atoms with Crippen molar-refractivity contribution in [3.8, 4) is 5.75 Å². The highest BCUT2D eigenvalue weighted by molar-refractivity contribution is 5.79. The molecule has 0 radical (unpaired) electrons. The first-order valence-corrected chi connectivity index (χ1v) is 7.61. The average Bonchev–Trinajstić information content (AvgIpc) is 2.54. The molecule has 0 saturated heterocycles. The normalized spacial score (nSPS) is 16.6. The zero-order chi connectivity index (χ0) is 15.1. The van der Waals surface area contributed by atoms with Crippen molar-refractivity contribution in [2.45, 2.75) is 44.7 Å². The summed E-state index contributed by atoms with van der Waals surface area (Å²) in [5.74, 6) is 7.28. The number of guanidine groups is 1. The number of nitrogens with zero attached hydrogens (tertiary/aromatic N) is 2. The molecule has 0 amide bonds. The van der Waals surface area contributed by atoms with Gasteiger partial charge in [-0.3, -0.25) is 5.43 Å². The van der Waals surface area contributed by atoms with Crippen LogP contribution in [0.25, 0.3) is 0 Å². The van der Waals surface area contributed by atoms with Gasteiger partial charge in [0.25, 0.3) is 0 Å². The minimum absolute atomic E-state index is 0.406. The van der Waals surface area contributed by atoms with Crippen molar-refractivity contribution in [1.82, 2.24) is 10.3 Å². The molecule has 3 N–H and O–H groups in total. The summed E-state index contributed by atoms with van der Waals surface area (Å²) in [7, 11) is 3.68. The number of rotatable bonds is 4. The van der Waals surface area contributed by atoms with Gasteiger partial charge in [0.05, 0.1) is 13.2 Å². The van der Waals surface area contributed by atoms with Crippen LogP contribution in [-0.4, -0.2) is 31.1 Å². The van der Waals surface area contributed by atoms with Gasteiger partial charge in [-0.25, -0.2) is 10.8 Å². The zero-order valence-corrected chi connectivity index (χ0v) is 13.0. The van der Waals surface area contributed by atoms with Crippen LogP contribution in [0.5, 0.6) is 5.75 Å². The minimum atomic E-state index is 0.406. The highest BCUT2D eigenvalue weighted by atomic mass is 16.5. The van der Waals surface area contributed by atoms with E-state index in [1.165, 1.54) is 37.7 Å². The molecule has 0 atom stereocenters. The molecule has 1 aromatic rings. The Morgan fingerprint density at radius 1 is 1.29 bits per heavy atom. The molecule has 1 fully saturated rings. The average molecular weight is 290 g/mol. The summed E-state index contributed by atoms with van der Waals surface area (Å²) in [6.45, 7) is 0.764. The molecule has 1 aliphatic carbocycles. The topological polar surface area (TPSA) is 62.9 Å². The van der Waals surface area contributed by atoms with Crippen molar-refractivity contribution in [2.75, 3.05) is 14.2 Å². The molecule has 116 valence electrons. The Morgan fingerprint density at radius 2 is 1.95 bits per heavy atom. The molecule has 21 heavy (non-hydrogen) atoms. The molecule has 5 heteroatoms. The molecule has 0 spiro atoms. The first-order valence-electron chi connectivity index (χ1n) is 7.61. The van der Waals surface area contributed by atoms with Crippen LogP contribution in [0.2, 0.25) is 0 Å². The lowest BCUT2D eigenvalue weighted by Crippen LogP contribution is -2.43. The quantitative estimate of drug-likeness (QED) is 0.386.